The maximum Gasteiger partial charge on any atom is 0.320 e. The number of aliphatic carboxylic acids is 1. The summed E-state index contributed by atoms with van der Waals surface area (Å²) in [5.74, 6) is -0.666. The highest BCUT2D eigenvalue weighted by Gasteiger charge is 2.45. The second-order valence-corrected chi connectivity index (χ2v) is 5.53. The average molecular weight is 282 g/mol. The molecule has 0 heterocycles. The Bertz CT molecular complexity index is 384. The molecule has 0 radical (unpaired) electrons. The highest BCUT2D eigenvalue weighted by molar-refractivity contribution is 8.01. The fraction of sp³-hybridized carbons (Fsp3) is 0.562. The molecule has 0 atom stereocenters. The fourth-order valence-corrected chi connectivity index (χ4v) is 3.18. The van der Waals surface area contributed by atoms with Gasteiger partial charge in [-0.1, -0.05) is 45.4 Å². The molecule has 1 fully saturated rings. The van der Waals surface area contributed by atoms with Crippen molar-refractivity contribution in [3.8, 4) is 0 Å². The molecule has 0 amide bonds. The molecule has 0 spiro atoms. The van der Waals surface area contributed by atoms with Gasteiger partial charge in [0.05, 0.1) is 0 Å². The molecule has 2 rings (SSSR count). The minimum atomic E-state index is -0.666. The van der Waals surface area contributed by atoms with E-state index in [-0.39, 0.29) is 0 Å². The van der Waals surface area contributed by atoms with Crippen LogP contribution in [-0.2, 0) is 4.79 Å². The van der Waals surface area contributed by atoms with Crippen LogP contribution < -0.4 is 0 Å². The Morgan fingerprint density at radius 2 is 1.79 bits per heavy atom. The molecule has 19 heavy (non-hydrogen) atoms. The summed E-state index contributed by atoms with van der Waals surface area (Å²) in [4.78, 5) is 12.2. The zero-order valence-electron chi connectivity index (χ0n) is 12.7. The lowest BCUT2D eigenvalue weighted by atomic mass is 9.84. The summed E-state index contributed by atoms with van der Waals surface area (Å²) in [5.41, 5.74) is 1.18. The highest BCUT2D eigenvalue weighted by atomic mass is 32.2. The summed E-state index contributed by atoms with van der Waals surface area (Å²) in [6.45, 7) is 10.0. The molecule has 2 nitrogen and oxygen atoms in total. The van der Waals surface area contributed by atoms with Gasteiger partial charge in [-0.2, -0.15) is 0 Å². The van der Waals surface area contributed by atoms with Crippen LogP contribution in [0.2, 0.25) is 0 Å². The van der Waals surface area contributed by atoms with Crippen LogP contribution in [-0.4, -0.2) is 15.8 Å². The monoisotopic (exact) mass is 282 g/mol. The number of carboxylic acids is 1. The molecular weight excluding hydrogens is 256 g/mol. The van der Waals surface area contributed by atoms with Gasteiger partial charge in [0.15, 0.2) is 0 Å². The summed E-state index contributed by atoms with van der Waals surface area (Å²) in [7, 11) is 0. The number of hydrogen-bond acceptors (Lipinski definition) is 2. The van der Waals surface area contributed by atoms with E-state index < -0.39 is 10.7 Å². The highest BCUT2D eigenvalue weighted by Crippen LogP contribution is 2.47. The lowest BCUT2D eigenvalue weighted by Crippen LogP contribution is -2.41. The van der Waals surface area contributed by atoms with E-state index in [2.05, 4.69) is 0 Å². The van der Waals surface area contributed by atoms with Gasteiger partial charge in [0.2, 0.25) is 0 Å². The lowest BCUT2D eigenvalue weighted by molar-refractivity contribution is -0.142. The minimum absolute atomic E-state index is 0.548. The van der Waals surface area contributed by atoms with Crippen LogP contribution in [0.5, 0.6) is 0 Å². The van der Waals surface area contributed by atoms with Crippen LogP contribution in [0, 0.1) is 6.92 Å². The smallest absolute Gasteiger partial charge is 0.320 e. The van der Waals surface area contributed by atoms with Gasteiger partial charge in [-0.05, 0) is 38.3 Å². The third kappa shape index (κ3) is 4.90. The SMILES string of the molecule is CC.CC.Cc1cccc(SC2(C(=O)O)CCC2)c1. The van der Waals surface area contributed by atoms with Crippen molar-refractivity contribution in [2.45, 2.75) is 63.5 Å². The Hall–Kier alpha value is -0.960. The normalized spacial score (nSPS) is 15.0. The van der Waals surface area contributed by atoms with Gasteiger partial charge in [0.1, 0.15) is 4.75 Å². The predicted octanol–water partition coefficient (Wildman–Crippen LogP) is 5.15. The van der Waals surface area contributed by atoms with E-state index >= 15 is 0 Å². The van der Waals surface area contributed by atoms with Crippen molar-refractivity contribution in [3.05, 3.63) is 29.8 Å². The van der Waals surface area contributed by atoms with Gasteiger partial charge >= 0.3 is 5.97 Å². The van der Waals surface area contributed by atoms with Gasteiger partial charge in [-0.3, -0.25) is 4.79 Å². The van der Waals surface area contributed by atoms with Gasteiger partial charge in [0, 0.05) is 4.90 Å². The van der Waals surface area contributed by atoms with Crippen molar-refractivity contribution >= 4 is 17.7 Å². The van der Waals surface area contributed by atoms with E-state index in [1.807, 2.05) is 58.9 Å². The van der Waals surface area contributed by atoms with Crippen LogP contribution in [0.15, 0.2) is 29.2 Å². The second-order valence-electron chi connectivity index (χ2n) is 4.07. The summed E-state index contributed by atoms with van der Waals surface area (Å²) >= 11 is 1.50. The van der Waals surface area contributed by atoms with Crippen molar-refractivity contribution < 1.29 is 9.90 Å². The van der Waals surface area contributed by atoms with Crippen LogP contribution in [0.4, 0.5) is 0 Å². The average Bonchev–Trinajstić information content (AvgIpc) is 2.38. The predicted molar refractivity (Wildman–Crippen MR) is 83.9 cm³/mol. The number of thioether (sulfide) groups is 1. The van der Waals surface area contributed by atoms with Gasteiger partial charge in [0.25, 0.3) is 0 Å². The van der Waals surface area contributed by atoms with Gasteiger partial charge < -0.3 is 5.11 Å². The van der Waals surface area contributed by atoms with Crippen molar-refractivity contribution in [1.82, 2.24) is 0 Å². The fourth-order valence-electron chi connectivity index (χ4n) is 1.76. The van der Waals surface area contributed by atoms with Crippen molar-refractivity contribution in [1.29, 1.82) is 0 Å². The first-order chi connectivity index (χ1) is 9.12. The van der Waals surface area contributed by atoms with Crippen molar-refractivity contribution in [3.63, 3.8) is 0 Å². The van der Waals surface area contributed by atoms with E-state index in [1.165, 1.54) is 17.3 Å². The molecule has 108 valence electrons. The Kier molecular flexibility index (Phi) is 8.57. The standard InChI is InChI=1S/C12H14O2S.2C2H6/c1-9-4-2-5-10(8-9)15-12(11(13)14)6-3-7-12;2*1-2/h2,4-5,8H,3,6-7H2,1H3,(H,13,14);2*1-2H3. The second kappa shape index (κ2) is 9.03. The van der Waals surface area contributed by atoms with E-state index in [0.717, 1.165) is 24.2 Å². The number of hydrogen-bond donors (Lipinski definition) is 1. The van der Waals surface area contributed by atoms with E-state index in [4.69, 9.17) is 0 Å². The molecule has 1 aromatic carbocycles. The van der Waals surface area contributed by atoms with Gasteiger partial charge in [-0.15, -0.1) is 11.8 Å². The Morgan fingerprint density at radius 3 is 2.16 bits per heavy atom. The van der Waals surface area contributed by atoms with Gasteiger partial charge in [-0.25, -0.2) is 0 Å². The summed E-state index contributed by atoms with van der Waals surface area (Å²) in [5, 5.41) is 9.19. The quantitative estimate of drug-likeness (QED) is 0.833. The minimum Gasteiger partial charge on any atom is -0.480 e. The van der Waals surface area contributed by atoms with Crippen LogP contribution in [0.1, 0.15) is 52.5 Å². The molecule has 0 aliphatic heterocycles. The molecule has 0 bridgehead atoms. The summed E-state index contributed by atoms with van der Waals surface area (Å²) in [6.07, 6.45) is 2.62. The first kappa shape index (κ1) is 18.0. The maximum atomic E-state index is 11.2. The number of benzene rings is 1. The summed E-state index contributed by atoms with van der Waals surface area (Å²) in [6, 6.07) is 8.04. The molecule has 0 saturated heterocycles. The Balaban J connectivity index is 0.000000741. The number of aryl methyl sites for hydroxylation is 1. The lowest BCUT2D eigenvalue weighted by Gasteiger charge is -2.36. The van der Waals surface area contributed by atoms with Crippen LogP contribution >= 0.6 is 11.8 Å². The van der Waals surface area contributed by atoms with Crippen molar-refractivity contribution in [2.75, 3.05) is 0 Å². The molecule has 0 aromatic heterocycles. The van der Waals surface area contributed by atoms with E-state index in [9.17, 15) is 9.90 Å². The number of carboxylic acid groups (broad SMARTS) is 1. The number of carbonyl (C=O) groups is 1. The zero-order valence-corrected chi connectivity index (χ0v) is 13.5. The molecular formula is C16H26O2S. The molecule has 1 saturated carbocycles. The largest absolute Gasteiger partial charge is 0.480 e. The first-order valence-corrected chi connectivity index (χ1v) is 7.93. The molecule has 0 unspecified atom stereocenters. The van der Waals surface area contributed by atoms with Crippen LogP contribution in [0.3, 0.4) is 0 Å². The molecule has 1 aromatic rings. The Labute approximate surface area is 121 Å². The third-order valence-corrected chi connectivity index (χ3v) is 4.32. The topological polar surface area (TPSA) is 37.3 Å². The van der Waals surface area contributed by atoms with E-state index in [0.29, 0.717) is 0 Å². The van der Waals surface area contributed by atoms with E-state index in [1.54, 1.807) is 0 Å². The van der Waals surface area contributed by atoms with Crippen molar-refractivity contribution in [2.24, 2.45) is 0 Å². The zero-order chi connectivity index (χ0) is 14.9. The first-order valence-electron chi connectivity index (χ1n) is 7.11. The maximum absolute atomic E-state index is 11.2. The summed E-state index contributed by atoms with van der Waals surface area (Å²) < 4.78 is -0.548. The molecule has 3 heteroatoms. The molecule has 1 aliphatic carbocycles. The number of rotatable bonds is 3. The van der Waals surface area contributed by atoms with Crippen LogP contribution in [0.25, 0.3) is 0 Å². The third-order valence-electron chi connectivity index (χ3n) is 2.85. The molecule has 1 N–H and O–H groups in total. The Morgan fingerprint density at radius 1 is 1.21 bits per heavy atom. The molecule has 1 aliphatic rings.